The summed E-state index contributed by atoms with van der Waals surface area (Å²) in [5, 5.41) is 12.1. The van der Waals surface area contributed by atoms with Crippen molar-refractivity contribution in [2.45, 2.75) is 37.1 Å². The second-order valence-corrected chi connectivity index (χ2v) is 9.84. The van der Waals surface area contributed by atoms with Gasteiger partial charge < -0.3 is 20.1 Å². The molecule has 7 nitrogen and oxygen atoms in total. The third-order valence-corrected chi connectivity index (χ3v) is 7.32. The molecular formula is C26H30N2O5S. The minimum Gasteiger partial charge on any atom is -0.480 e. The number of hydrogen-bond acceptors (Lipinski definition) is 5. The standard InChI is InChI=1S/C26H30N2O5S/c1-34-15-14-28(16-23(29)30)24(31)26(12-6-7-13-26)27-25(32)33-17-22-20-10-4-2-8-18(20)19-9-3-5-11-21(19)22/h2-5,8-11,22H,6-7,12-17H2,1H3,(H,27,32)(H,29,30). The Labute approximate surface area is 203 Å². The van der Waals surface area contributed by atoms with Gasteiger partial charge in [-0.25, -0.2) is 4.79 Å². The van der Waals surface area contributed by atoms with E-state index in [9.17, 15) is 19.5 Å². The van der Waals surface area contributed by atoms with E-state index in [0.29, 0.717) is 25.1 Å². The number of nitrogens with zero attached hydrogens (tertiary/aromatic N) is 1. The number of carbonyl (C=O) groups is 3. The van der Waals surface area contributed by atoms with E-state index in [1.165, 1.54) is 4.90 Å². The third-order valence-electron chi connectivity index (χ3n) is 6.73. The Morgan fingerprint density at radius 2 is 1.65 bits per heavy atom. The molecule has 2 aromatic rings. The summed E-state index contributed by atoms with van der Waals surface area (Å²) >= 11 is 1.54. The number of rotatable bonds is 9. The first-order chi connectivity index (χ1) is 16.4. The summed E-state index contributed by atoms with van der Waals surface area (Å²) in [6, 6.07) is 16.2. The van der Waals surface area contributed by atoms with Crippen LogP contribution in [0.4, 0.5) is 4.79 Å². The Hall–Kier alpha value is -3.00. The van der Waals surface area contributed by atoms with Crippen molar-refractivity contribution in [3.8, 4) is 11.1 Å². The molecule has 0 spiro atoms. The van der Waals surface area contributed by atoms with Crippen LogP contribution in [0.5, 0.6) is 0 Å². The van der Waals surface area contributed by atoms with E-state index >= 15 is 0 Å². The quantitative estimate of drug-likeness (QED) is 0.558. The lowest BCUT2D eigenvalue weighted by molar-refractivity contribution is -0.147. The van der Waals surface area contributed by atoms with Crippen molar-refractivity contribution in [2.24, 2.45) is 0 Å². The molecule has 0 aromatic heterocycles. The lowest BCUT2D eigenvalue weighted by Gasteiger charge is -2.34. The van der Waals surface area contributed by atoms with Crippen LogP contribution in [0, 0.1) is 0 Å². The van der Waals surface area contributed by atoms with Crippen molar-refractivity contribution in [1.29, 1.82) is 0 Å². The minimum absolute atomic E-state index is 0.0709. The van der Waals surface area contributed by atoms with Gasteiger partial charge in [0, 0.05) is 18.2 Å². The van der Waals surface area contributed by atoms with Gasteiger partial charge in [-0.05, 0) is 41.4 Å². The number of carbonyl (C=O) groups excluding carboxylic acids is 2. The molecule has 2 aliphatic carbocycles. The van der Waals surface area contributed by atoms with Gasteiger partial charge in [0.1, 0.15) is 18.7 Å². The Morgan fingerprint density at radius 3 is 2.21 bits per heavy atom. The number of fused-ring (bicyclic) bond motifs is 3. The van der Waals surface area contributed by atoms with E-state index in [4.69, 9.17) is 4.74 Å². The Bertz CT molecular complexity index is 1020. The van der Waals surface area contributed by atoms with Crippen molar-refractivity contribution < 1.29 is 24.2 Å². The molecule has 2 amide bonds. The molecule has 2 N–H and O–H groups in total. The molecule has 2 aromatic carbocycles. The Balaban J connectivity index is 1.47. The third kappa shape index (κ3) is 4.92. The fraction of sp³-hybridized carbons (Fsp3) is 0.423. The van der Waals surface area contributed by atoms with E-state index in [2.05, 4.69) is 29.6 Å². The highest BCUT2D eigenvalue weighted by Crippen LogP contribution is 2.44. The predicted octanol–water partition coefficient (Wildman–Crippen LogP) is 4.11. The van der Waals surface area contributed by atoms with Gasteiger partial charge in [-0.15, -0.1) is 0 Å². The van der Waals surface area contributed by atoms with Crippen LogP contribution in [0.2, 0.25) is 0 Å². The first-order valence-corrected chi connectivity index (χ1v) is 13.0. The van der Waals surface area contributed by atoms with E-state index in [1.807, 2.05) is 30.5 Å². The van der Waals surface area contributed by atoms with Crippen molar-refractivity contribution >= 4 is 29.7 Å². The van der Waals surface area contributed by atoms with Crippen LogP contribution < -0.4 is 5.32 Å². The summed E-state index contributed by atoms with van der Waals surface area (Å²) in [5.74, 6) is -0.850. The average molecular weight is 483 g/mol. The maximum Gasteiger partial charge on any atom is 0.408 e. The first kappa shape index (κ1) is 24.1. The molecule has 180 valence electrons. The minimum atomic E-state index is -1.11. The van der Waals surface area contributed by atoms with Gasteiger partial charge in [0.05, 0.1) is 0 Å². The molecule has 4 rings (SSSR count). The van der Waals surface area contributed by atoms with Crippen LogP contribution in [0.25, 0.3) is 11.1 Å². The largest absolute Gasteiger partial charge is 0.480 e. The van der Waals surface area contributed by atoms with Crippen LogP contribution in [0.1, 0.15) is 42.7 Å². The zero-order valence-electron chi connectivity index (χ0n) is 19.3. The number of hydrogen-bond donors (Lipinski definition) is 2. The monoisotopic (exact) mass is 482 g/mol. The van der Waals surface area contributed by atoms with Gasteiger partial charge in [-0.2, -0.15) is 11.8 Å². The highest BCUT2D eigenvalue weighted by atomic mass is 32.2. The van der Waals surface area contributed by atoms with Gasteiger partial charge in [-0.3, -0.25) is 9.59 Å². The number of thioether (sulfide) groups is 1. The van der Waals surface area contributed by atoms with Gasteiger partial charge >= 0.3 is 12.1 Å². The molecule has 1 saturated carbocycles. The topological polar surface area (TPSA) is 95.9 Å². The molecule has 1 fully saturated rings. The molecular weight excluding hydrogens is 452 g/mol. The number of carboxylic acids is 1. The van der Waals surface area contributed by atoms with E-state index < -0.39 is 17.6 Å². The van der Waals surface area contributed by atoms with Crippen molar-refractivity contribution in [1.82, 2.24) is 10.2 Å². The first-order valence-electron chi connectivity index (χ1n) is 11.6. The van der Waals surface area contributed by atoms with Gasteiger partial charge in [0.25, 0.3) is 0 Å². The van der Waals surface area contributed by atoms with E-state index in [0.717, 1.165) is 35.1 Å². The summed E-state index contributed by atoms with van der Waals surface area (Å²) in [5.41, 5.74) is 3.41. The number of alkyl carbamates (subject to hydrolysis) is 1. The molecule has 2 aliphatic rings. The lowest BCUT2D eigenvalue weighted by atomic mass is 9.95. The summed E-state index contributed by atoms with van der Waals surface area (Å²) < 4.78 is 5.68. The zero-order valence-corrected chi connectivity index (χ0v) is 20.1. The maximum absolute atomic E-state index is 13.4. The van der Waals surface area contributed by atoms with Crippen molar-refractivity contribution in [3.05, 3.63) is 59.7 Å². The average Bonchev–Trinajstić information content (AvgIpc) is 3.43. The molecule has 0 atom stereocenters. The number of aliphatic carboxylic acids is 1. The number of ether oxygens (including phenoxy) is 1. The zero-order chi connectivity index (χ0) is 24.1. The summed E-state index contributed by atoms with van der Waals surface area (Å²) in [7, 11) is 0. The van der Waals surface area contributed by atoms with Crippen molar-refractivity contribution in [2.75, 3.05) is 31.7 Å². The van der Waals surface area contributed by atoms with E-state index in [-0.39, 0.29) is 25.0 Å². The summed E-state index contributed by atoms with van der Waals surface area (Å²) in [6.45, 7) is 0.101. The molecule has 0 saturated heterocycles. The predicted molar refractivity (Wildman–Crippen MR) is 132 cm³/mol. The van der Waals surface area contributed by atoms with Gasteiger partial charge in [0.15, 0.2) is 0 Å². The number of nitrogens with one attached hydrogen (secondary N) is 1. The van der Waals surface area contributed by atoms with Crippen LogP contribution in [0.15, 0.2) is 48.5 Å². The fourth-order valence-electron chi connectivity index (χ4n) is 5.12. The Kier molecular flexibility index (Phi) is 7.46. The second kappa shape index (κ2) is 10.5. The highest BCUT2D eigenvalue weighted by Gasteiger charge is 2.45. The van der Waals surface area contributed by atoms with Crippen LogP contribution in [-0.2, 0) is 14.3 Å². The molecule has 0 aliphatic heterocycles. The smallest absolute Gasteiger partial charge is 0.408 e. The normalized spacial score (nSPS) is 15.9. The molecule has 0 radical (unpaired) electrons. The lowest BCUT2D eigenvalue weighted by Crippen LogP contribution is -2.59. The summed E-state index contributed by atoms with van der Waals surface area (Å²) in [4.78, 5) is 39.0. The Morgan fingerprint density at radius 1 is 1.06 bits per heavy atom. The van der Waals surface area contributed by atoms with Gasteiger partial charge in [-0.1, -0.05) is 61.4 Å². The number of amides is 2. The number of benzene rings is 2. The number of carboxylic acid groups (broad SMARTS) is 1. The highest BCUT2D eigenvalue weighted by molar-refractivity contribution is 7.98. The summed E-state index contributed by atoms with van der Waals surface area (Å²) in [6.07, 6.45) is 3.80. The van der Waals surface area contributed by atoms with Crippen LogP contribution in [0.3, 0.4) is 0 Å². The molecule has 0 unspecified atom stereocenters. The van der Waals surface area contributed by atoms with Gasteiger partial charge in [0.2, 0.25) is 5.91 Å². The molecule has 0 heterocycles. The molecule has 0 bridgehead atoms. The SMILES string of the molecule is CSCCN(CC(=O)O)C(=O)C1(NC(=O)OCC2c3ccccc3-c3ccccc32)CCCC1. The van der Waals surface area contributed by atoms with Crippen molar-refractivity contribution in [3.63, 3.8) is 0 Å². The fourth-order valence-corrected chi connectivity index (χ4v) is 5.52. The molecule has 34 heavy (non-hydrogen) atoms. The van der Waals surface area contributed by atoms with Crippen LogP contribution >= 0.6 is 11.8 Å². The van der Waals surface area contributed by atoms with E-state index in [1.54, 1.807) is 11.8 Å². The second-order valence-electron chi connectivity index (χ2n) is 8.85. The molecule has 8 heteroatoms. The maximum atomic E-state index is 13.4. The van der Waals surface area contributed by atoms with Crippen LogP contribution in [-0.4, -0.2) is 65.2 Å².